The number of halogens is 1. The SMILES string of the molecule is CCCCCC(Cl)S(=O)c1ccc(C)cc1. The molecule has 0 aliphatic heterocycles. The monoisotopic (exact) mass is 258 g/mol. The molecule has 0 saturated heterocycles. The van der Waals surface area contributed by atoms with E-state index in [9.17, 15) is 4.21 Å². The number of unbranched alkanes of at least 4 members (excludes halogenated alkanes) is 2. The van der Waals surface area contributed by atoms with E-state index in [1.165, 1.54) is 12.0 Å². The summed E-state index contributed by atoms with van der Waals surface area (Å²) in [7, 11) is -1.07. The Morgan fingerprint density at radius 3 is 2.44 bits per heavy atom. The largest absolute Gasteiger partial charge is 0.253 e. The summed E-state index contributed by atoms with van der Waals surface area (Å²) in [5.41, 5.74) is 1.18. The zero-order valence-corrected chi connectivity index (χ0v) is 11.5. The Morgan fingerprint density at radius 1 is 1.25 bits per heavy atom. The summed E-state index contributed by atoms with van der Waals surface area (Å²) in [4.78, 5) is 0.835. The van der Waals surface area contributed by atoms with Crippen molar-refractivity contribution in [3.8, 4) is 0 Å². The number of aryl methyl sites for hydroxylation is 1. The number of benzene rings is 1. The van der Waals surface area contributed by atoms with Crippen molar-refractivity contribution in [3.05, 3.63) is 29.8 Å². The molecule has 3 heteroatoms. The first kappa shape index (κ1) is 13.7. The topological polar surface area (TPSA) is 17.1 Å². The van der Waals surface area contributed by atoms with Crippen molar-refractivity contribution in [1.82, 2.24) is 0 Å². The van der Waals surface area contributed by atoms with E-state index < -0.39 is 10.8 Å². The minimum Gasteiger partial charge on any atom is -0.253 e. The molecule has 0 saturated carbocycles. The van der Waals surface area contributed by atoms with Crippen LogP contribution < -0.4 is 0 Å². The van der Waals surface area contributed by atoms with Gasteiger partial charge in [0, 0.05) is 4.90 Å². The van der Waals surface area contributed by atoms with E-state index in [1.54, 1.807) is 0 Å². The molecule has 0 radical (unpaired) electrons. The van der Waals surface area contributed by atoms with Crippen LogP contribution in [0.25, 0.3) is 0 Å². The summed E-state index contributed by atoms with van der Waals surface area (Å²) in [5.74, 6) is 0. The third-order valence-corrected chi connectivity index (χ3v) is 4.66. The summed E-state index contributed by atoms with van der Waals surface area (Å²) in [6, 6.07) is 7.76. The predicted molar refractivity (Wildman–Crippen MR) is 71.4 cm³/mol. The minimum atomic E-state index is -1.07. The molecule has 0 bridgehead atoms. The summed E-state index contributed by atoms with van der Waals surface area (Å²) >= 11 is 6.14. The average molecular weight is 259 g/mol. The number of hydrogen-bond donors (Lipinski definition) is 0. The summed E-state index contributed by atoms with van der Waals surface area (Å²) in [6.07, 6.45) is 4.22. The first-order valence-corrected chi connectivity index (χ1v) is 7.41. The molecule has 1 aromatic carbocycles. The van der Waals surface area contributed by atoms with Crippen molar-refractivity contribution >= 4 is 22.4 Å². The Kier molecular flexibility index (Phi) is 6.07. The number of rotatable bonds is 6. The highest BCUT2D eigenvalue weighted by molar-refractivity contribution is 7.87. The molecule has 0 N–H and O–H groups in total. The van der Waals surface area contributed by atoms with Crippen molar-refractivity contribution in [2.45, 2.75) is 49.1 Å². The van der Waals surface area contributed by atoms with Gasteiger partial charge in [0.25, 0.3) is 0 Å². The molecule has 0 amide bonds. The molecule has 0 fully saturated rings. The molecule has 1 nitrogen and oxygen atoms in total. The maximum atomic E-state index is 12.0. The Labute approximate surface area is 106 Å². The van der Waals surface area contributed by atoms with Gasteiger partial charge in [0.15, 0.2) is 0 Å². The second-order valence-electron chi connectivity index (χ2n) is 4.02. The second kappa shape index (κ2) is 7.08. The average Bonchev–Trinajstić information content (AvgIpc) is 2.29. The van der Waals surface area contributed by atoms with E-state index in [4.69, 9.17) is 11.6 Å². The van der Waals surface area contributed by atoms with Gasteiger partial charge in [-0.1, -0.05) is 43.9 Å². The fourth-order valence-corrected chi connectivity index (χ4v) is 3.03. The molecule has 1 aromatic rings. The van der Waals surface area contributed by atoms with E-state index in [0.29, 0.717) is 0 Å². The molecule has 90 valence electrons. The smallest absolute Gasteiger partial charge is 0.113 e. The highest BCUT2D eigenvalue weighted by Gasteiger charge is 2.14. The molecule has 0 spiro atoms. The zero-order valence-electron chi connectivity index (χ0n) is 9.91. The van der Waals surface area contributed by atoms with Crippen LogP contribution in [0.15, 0.2) is 29.2 Å². The highest BCUT2D eigenvalue weighted by atomic mass is 35.5. The first-order valence-electron chi connectivity index (χ1n) is 5.76. The molecule has 2 atom stereocenters. The lowest BCUT2D eigenvalue weighted by Gasteiger charge is -2.09. The fraction of sp³-hybridized carbons (Fsp3) is 0.538. The van der Waals surface area contributed by atoms with E-state index in [1.807, 2.05) is 31.2 Å². The summed E-state index contributed by atoms with van der Waals surface area (Å²) in [5, 5.41) is 0. The fourth-order valence-electron chi connectivity index (χ4n) is 1.48. The van der Waals surface area contributed by atoms with Crippen molar-refractivity contribution in [2.75, 3.05) is 0 Å². The maximum Gasteiger partial charge on any atom is 0.113 e. The van der Waals surface area contributed by atoms with E-state index >= 15 is 0 Å². The van der Waals surface area contributed by atoms with Gasteiger partial charge < -0.3 is 0 Å². The van der Waals surface area contributed by atoms with E-state index in [-0.39, 0.29) is 4.71 Å². The molecule has 0 aliphatic carbocycles. The summed E-state index contributed by atoms with van der Waals surface area (Å²) in [6.45, 7) is 4.17. The first-order chi connectivity index (χ1) is 7.65. The second-order valence-corrected chi connectivity index (χ2v) is 6.44. The Hall–Kier alpha value is -0.340. The van der Waals surface area contributed by atoms with Crippen LogP contribution in [-0.2, 0) is 10.8 Å². The Balaban J connectivity index is 2.53. The van der Waals surface area contributed by atoms with Crippen LogP contribution in [0.1, 0.15) is 38.2 Å². The standard InChI is InChI=1S/C13H19ClOS/c1-3-4-5-6-13(14)16(15)12-9-7-11(2)8-10-12/h7-10,13H,3-6H2,1-2H3. The lowest BCUT2D eigenvalue weighted by atomic mass is 10.2. The molecule has 1 rings (SSSR count). The van der Waals surface area contributed by atoms with Gasteiger partial charge in [-0.15, -0.1) is 11.6 Å². The van der Waals surface area contributed by atoms with Gasteiger partial charge in [-0.25, -0.2) is 0 Å². The molecule has 0 aliphatic rings. The van der Waals surface area contributed by atoms with Gasteiger partial charge in [0.2, 0.25) is 0 Å². The minimum absolute atomic E-state index is 0.255. The van der Waals surface area contributed by atoms with Crippen LogP contribution in [-0.4, -0.2) is 8.92 Å². The van der Waals surface area contributed by atoms with Gasteiger partial charge >= 0.3 is 0 Å². The third-order valence-electron chi connectivity index (χ3n) is 2.52. The van der Waals surface area contributed by atoms with Crippen LogP contribution >= 0.6 is 11.6 Å². The lowest BCUT2D eigenvalue weighted by molar-refractivity contribution is 0.659. The number of alkyl halides is 1. The van der Waals surface area contributed by atoms with Crippen molar-refractivity contribution in [2.24, 2.45) is 0 Å². The zero-order chi connectivity index (χ0) is 12.0. The van der Waals surface area contributed by atoms with Crippen molar-refractivity contribution in [1.29, 1.82) is 0 Å². The van der Waals surface area contributed by atoms with Crippen molar-refractivity contribution < 1.29 is 4.21 Å². The Morgan fingerprint density at radius 2 is 1.88 bits per heavy atom. The molecular formula is C13H19ClOS. The van der Waals surface area contributed by atoms with Crippen LogP contribution in [0, 0.1) is 6.92 Å². The molecule has 0 aromatic heterocycles. The lowest BCUT2D eigenvalue weighted by Crippen LogP contribution is -2.08. The number of hydrogen-bond acceptors (Lipinski definition) is 1. The van der Waals surface area contributed by atoms with Crippen LogP contribution in [0.2, 0.25) is 0 Å². The molecule has 0 heterocycles. The van der Waals surface area contributed by atoms with Gasteiger partial charge in [-0.3, -0.25) is 4.21 Å². The predicted octanol–water partition coefficient (Wildman–Crippen LogP) is 4.25. The Bertz CT molecular complexity index is 334. The quantitative estimate of drug-likeness (QED) is 0.551. The maximum absolute atomic E-state index is 12.0. The van der Waals surface area contributed by atoms with Crippen LogP contribution in [0.3, 0.4) is 0 Å². The van der Waals surface area contributed by atoms with E-state index in [2.05, 4.69) is 6.92 Å². The normalized spacial score (nSPS) is 14.7. The summed E-state index contributed by atoms with van der Waals surface area (Å²) < 4.78 is 11.8. The molecule has 2 unspecified atom stereocenters. The highest BCUT2D eigenvalue weighted by Crippen LogP contribution is 2.19. The third kappa shape index (κ3) is 4.26. The van der Waals surface area contributed by atoms with Gasteiger partial charge in [-0.2, -0.15) is 0 Å². The molecular weight excluding hydrogens is 240 g/mol. The van der Waals surface area contributed by atoms with Gasteiger partial charge in [0.05, 0.1) is 10.8 Å². The van der Waals surface area contributed by atoms with Crippen LogP contribution in [0.5, 0.6) is 0 Å². The van der Waals surface area contributed by atoms with E-state index in [0.717, 1.165) is 24.2 Å². The van der Waals surface area contributed by atoms with Crippen molar-refractivity contribution in [3.63, 3.8) is 0 Å². The molecule has 16 heavy (non-hydrogen) atoms. The van der Waals surface area contributed by atoms with Gasteiger partial charge in [-0.05, 0) is 25.5 Å². The van der Waals surface area contributed by atoms with Crippen LogP contribution in [0.4, 0.5) is 0 Å². The van der Waals surface area contributed by atoms with Gasteiger partial charge in [0.1, 0.15) is 4.71 Å².